The summed E-state index contributed by atoms with van der Waals surface area (Å²) in [6, 6.07) is 17.4. The van der Waals surface area contributed by atoms with Gasteiger partial charge in [-0.1, -0.05) is 30.3 Å². The van der Waals surface area contributed by atoms with Crippen molar-refractivity contribution < 1.29 is 13.9 Å². The monoisotopic (exact) mass is 283 g/mol. The highest BCUT2D eigenvalue weighted by Gasteiger charge is 2.13. The molecule has 0 amide bonds. The number of nitrogens with two attached hydrogens (primary N) is 1. The van der Waals surface area contributed by atoms with Crippen molar-refractivity contribution in [3.8, 4) is 11.5 Å². The molecule has 0 radical (unpaired) electrons. The third kappa shape index (κ3) is 3.01. The Morgan fingerprint density at radius 1 is 0.857 bits per heavy atom. The Labute approximate surface area is 123 Å². The summed E-state index contributed by atoms with van der Waals surface area (Å²) in [5.41, 5.74) is 6.49. The maximum atomic E-state index is 5.80. The van der Waals surface area contributed by atoms with Crippen LogP contribution in [0.3, 0.4) is 0 Å². The first-order chi connectivity index (χ1) is 10.4. The lowest BCUT2D eigenvalue weighted by atomic mass is 10.2. The number of hydrogen-bond acceptors (Lipinski definition) is 4. The van der Waals surface area contributed by atoms with Crippen molar-refractivity contribution in [3.05, 3.63) is 60.4 Å². The van der Waals surface area contributed by atoms with Gasteiger partial charge in [0.05, 0.1) is 11.9 Å². The fourth-order valence-corrected chi connectivity index (χ4v) is 2.19. The number of benzene rings is 2. The third-order valence-electron chi connectivity index (χ3n) is 3.15. The van der Waals surface area contributed by atoms with E-state index < -0.39 is 0 Å². The lowest BCUT2D eigenvalue weighted by Gasteiger charge is -2.08. The Hall–Kier alpha value is -2.46. The maximum absolute atomic E-state index is 5.80. The van der Waals surface area contributed by atoms with Crippen LogP contribution in [0, 0.1) is 0 Å². The molecule has 0 fully saturated rings. The van der Waals surface area contributed by atoms with Crippen molar-refractivity contribution in [2.24, 2.45) is 5.73 Å². The largest absolute Gasteiger partial charge is 0.490 e. The van der Waals surface area contributed by atoms with E-state index in [0.717, 1.165) is 16.7 Å². The number of hydrogen-bond donors (Lipinski definition) is 1. The van der Waals surface area contributed by atoms with Crippen LogP contribution >= 0.6 is 0 Å². The van der Waals surface area contributed by atoms with E-state index in [1.54, 1.807) is 0 Å². The molecular weight excluding hydrogens is 266 g/mol. The molecule has 0 unspecified atom stereocenters. The van der Waals surface area contributed by atoms with Gasteiger partial charge in [0.15, 0.2) is 11.5 Å². The van der Waals surface area contributed by atoms with E-state index in [1.165, 1.54) is 0 Å². The second-order valence-electron chi connectivity index (χ2n) is 4.56. The van der Waals surface area contributed by atoms with Crippen molar-refractivity contribution in [2.45, 2.75) is 6.54 Å². The summed E-state index contributed by atoms with van der Waals surface area (Å²) in [7, 11) is 0. The number of ether oxygens (including phenoxy) is 2. The van der Waals surface area contributed by atoms with E-state index >= 15 is 0 Å². The van der Waals surface area contributed by atoms with Crippen LogP contribution in [0.15, 0.2) is 59.0 Å². The van der Waals surface area contributed by atoms with Crippen LogP contribution in [0.25, 0.3) is 11.0 Å². The van der Waals surface area contributed by atoms with Gasteiger partial charge in [0.2, 0.25) is 0 Å². The summed E-state index contributed by atoms with van der Waals surface area (Å²) in [4.78, 5) is 0. The molecule has 3 aromatic rings. The molecule has 0 spiro atoms. The highest BCUT2D eigenvalue weighted by Crippen LogP contribution is 2.32. The van der Waals surface area contributed by atoms with E-state index in [9.17, 15) is 0 Å². The van der Waals surface area contributed by atoms with Crippen LogP contribution in [0.1, 0.15) is 5.76 Å². The lowest BCUT2D eigenvalue weighted by molar-refractivity contribution is 0.215. The molecule has 1 aromatic heterocycles. The average Bonchev–Trinajstić information content (AvgIpc) is 2.90. The molecule has 0 aliphatic carbocycles. The van der Waals surface area contributed by atoms with Crippen LogP contribution < -0.4 is 15.2 Å². The molecule has 2 N–H and O–H groups in total. The van der Waals surface area contributed by atoms with E-state index in [1.807, 2.05) is 54.6 Å². The molecule has 108 valence electrons. The summed E-state index contributed by atoms with van der Waals surface area (Å²) >= 11 is 0. The topological polar surface area (TPSA) is 57.6 Å². The van der Waals surface area contributed by atoms with Crippen molar-refractivity contribution in [1.82, 2.24) is 0 Å². The maximum Gasteiger partial charge on any atom is 0.170 e. The summed E-state index contributed by atoms with van der Waals surface area (Å²) < 4.78 is 17.1. The molecule has 2 aromatic carbocycles. The summed E-state index contributed by atoms with van der Waals surface area (Å²) in [6.45, 7) is 1.21. The molecule has 0 aliphatic rings. The predicted octanol–water partition coefficient (Wildman–Crippen LogP) is 3.35. The Balaban J connectivity index is 1.65. The Morgan fingerprint density at radius 3 is 2.38 bits per heavy atom. The van der Waals surface area contributed by atoms with Crippen LogP contribution in [0.4, 0.5) is 0 Å². The van der Waals surface area contributed by atoms with E-state index in [-0.39, 0.29) is 0 Å². The molecule has 0 atom stereocenters. The molecule has 0 saturated heterocycles. The van der Waals surface area contributed by atoms with E-state index in [4.69, 9.17) is 19.6 Å². The molecule has 4 heteroatoms. The first kappa shape index (κ1) is 13.5. The molecule has 4 nitrogen and oxygen atoms in total. The Bertz CT molecular complexity index is 706. The zero-order chi connectivity index (χ0) is 14.5. The molecule has 0 aliphatic heterocycles. The lowest BCUT2D eigenvalue weighted by Crippen LogP contribution is -2.10. The van der Waals surface area contributed by atoms with Gasteiger partial charge in [-0.05, 0) is 24.3 Å². The highest BCUT2D eigenvalue weighted by molar-refractivity contribution is 5.85. The fourth-order valence-electron chi connectivity index (χ4n) is 2.19. The van der Waals surface area contributed by atoms with Gasteiger partial charge in [0.1, 0.15) is 24.5 Å². The molecular formula is C17H17NO3. The highest BCUT2D eigenvalue weighted by atomic mass is 16.5. The van der Waals surface area contributed by atoms with Crippen LogP contribution in [0.2, 0.25) is 0 Å². The van der Waals surface area contributed by atoms with Crippen molar-refractivity contribution in [3.63, 3.8) is 0 Å². The van der Waals surface area contributed by atoms with E-state index in [2.05, 4.69) is 0 Å². The van der Waals surface area contributed by atoms with Crippen molar-refractivity contribution in [1.29, 1.82) is 0 Å². The van der Waals surface area contributed by atoms with E-state index in [0.29, 0.717) is 31.3 Å². The Morgan fingerprint density at radius 2 is 1.57 bits per heavy atom. The van der Waals surface area contributed by atoms with Crippen LogP contribution in [0.5, 0.6) is 11.5 Å². The smallest absolute Gasteiger partial charge is 0.170 e. The molecule has 0 bridgehead atoms. The van der Waals surface area contributed by atoms with Crippen LogP contribution in [-0.4, -0.2) is 13.2 Å². The number of rotatable bonds is 6. The van der Waals surface area contributed by atoms with Gasteiger partial charge in [0, 0.05) is 0 Å². The summed E-state index contributed by atoms with van der Waals surface area (Å²) in [5.74, 6) is 2.21. The third-order valence-corrected chi connectivity index (χ3v) is 3.15. The average molecular weight is 283 g/mol. The SMILES string of the molecule is NCc1oc2ccccc2c1OCCOc1ccccc1. The quantitative estimate of drug-likeness (QED) is 0.705. The molecule has 1 heterocycles. The first-order valence-corrected chi connectivity index (χ1v) is 6.89. The van der Waals surface area contributed by atoms with Crippen LogP contribution in [-0.2, 0) is 6.54 Å². The van der Waals surface area contributed by atoms with Gasteiger partial charge in [-0.2, -0.15) is 0 Å². The van der Waals surface area contributed by atoms with Crippen molar-refractivity contribution in [2.75, 3.05) is 13.2 Å². The van der Waals surface area contributed by atoms with Gasteiger partial charge >= 0.3 is 0 Å². The van der Waals surface area contributed by atoms with Crippen molar-refractivity contribution >= 4 is 11.0 Å². The van der Waals surface area contributed by atoms with Gasteiger partial charge in [0.25, 0.3) is 0 Å². The molecule has 3 rings (SSSR count). The first-order valence-electron chi connectivity index (χ1n) is 6.89. The van der Waals surface area contributed by atoms with Gasteiger partial charge < -0.3 is 19.6 Å². The summed E-state index contributed by atoms with van der Waals surface area (Å²) in [6.07, 6.45) is 0. The Kier molecular flexibility index (Phi) is 4.07. The minimum atomic E-state index is 0.309. The van der Waals surface area contributed by atoms with Gasteiger partial charge in [-0.25, -0.2) is 0 Å². The van der Waals surface area contributed by atoms with Gasteiger partial charge in [-0.3, -0.25) is 0 Å². The second kappa shape index (κ2) is 6.33. The number of furan rings is 1. The predicted molar refractivity (Wildman–Crippen MR) is 81.5 cm³/mol. The zero-order valence-electron chi connectivity index (χ0n) is 11.6. The molecule has 21 heavy (non-hydrogen) atoms. The minimum absolute atomic E-state index is 0.309. The number of para-hydroxylation sites is 2. The second-order valence-corrected chi connectivity index (χ2v) is 4.56. The van der Waals surface area contributed by atoms with Gasteiger partial charge in [-0.15, -0.1) is 0 Å². The zero-order valence-corrected chi connectivity index (χ0v) is 11.6. The standard InChI is InChI=1S/C17H17NO3/c18-12-16-17(14-8-4-5-9-15(14)21-16)20-11-10-19-13-6-2-1-3-7-13/h1-9H,10-12,18H2. The minimum Gasteiger partial charge on any atom is -0.490 e. The fraction of sp³-hybridized carbons (Fsp3) is 0.176. The normalized spacial score (nSPS) is 10.7. The molecule has 0 saturated carbocycles. The number of fused-ring (bicyclic) bond motifs is 1. The summed E-state index contributed by atoms with van der Waals surface area (Å²) in [5, 5.41) is 0.942.